The van der Waals surface area contributed by atoms with Crippen molar-refractivity contribution in [1.82, 2.24) is 15.5 Å². The van der Waals surface area contributed by atoms with Crippen LogP contribution in [-0.2, 0) is 20.9 Å². The highest BCUT2D eigenvalue weighted by molar-refractivity contribution is 5.87. The van der Waals surface area contributed by atoms with Gasteiger partial charge in [-0.2, -0.15) is 0 Å². The minimum Gasteiger partial charge on any atom is -0.479 e. The van der Waals surface area contributed by atoms with Gasteiger partial charge in [0.15, 0.2) is 5.54 Å². The molecule has 1 fully saturated rings. The highest BCUT2D eigenvalue weighted by Crippen LogP contribution is 2.44. The number of ether oxygens (including phenoxy) is 1. The molecule has 1 aliphatic carbocycles. The number of amides is 2. The molecule has 0 radical (unpaired) electrons. The zero-order chi connectivity index (χ0) is 28.8. The van der Waals surface area contributed by atoms with Crippen LogP contribution in [0.3, 0.4) is 0 Å². The number of alkyl carbamates (subject to hydrolysis) is 1. The average Bonchev–Trinajstić information content (AvgIpc) is 3.54. The third-order valence-corrected chi connectivity index (χ3v) is 8.26. The third-order valence-electron chi connectivity index (χ3n) is 8.26. The first-order chi connectivity index (χ1) is 19.9. The number of carboxylic acid groups (broad SMARTS) is 1. The Hall–Kier alpha value is -4.17. The maximum Gasteiger partial charge on any atom is 0.407 e. The molecule has 41 heavy (non-hydrogen) atoms. The van der Waals surface area contributed by atoms with Gasteiger partial charge in [-0.3, -0.25) is 9.69 Å². The van der Waals surface area contributed by atoms with Crippen molar-refractivity contribution >= 4 is 18.0 Å². The SMILES string of the molecule is CCC(CCC(=O)NC1(C(=O)O)CCN(Cc2ccccc2)C1)NC(=O)OCC1c2ccccc2-c2ccccc21. The zero-order valence-corrected chi connectivity index (χ0v) is 23.3. The van der Waals surface area contributed by atoms with E-state index in [2.05, 4.69) is 39.8 Å². The monoisotopic (exact) mass is 555 g/mol. The van der Waals surface area contributed by atoms with Gasteiger partial charge in [-0.15, -0.1) is 0 Å². The fraction of sp³-hybridized carbons (Fsp3) is 0.364. The minimum absolute atomic E-state index is 0.0286. The van der Waals surface area contributed by atoms with Crippen LogP contribution in [0.4, 0.5) is 4.79 Å². The second-order valence-corrected chi connectivity index (χ2v) is 11.0. The van der Waals surface area contributed by atoms with Gasteiger partial charge in [0, 0.05) is 38.0 Å². The summed E-state index contributed by atoms with van der Waals surface area (Å²) in [6.45, 7) is 3.62. The van der Waals surface area contributed by atoms with Crippen LogP contribution in [0, 0.1) is 0 Å². The molecule has 214 valence electrons. The van der Waals surface area contributed by atoms with Crippen LogP contribution in [0.1, 0.15) is 55.2 Å². The summed E-state index contributed by atoms with van der Waals surface area (Å²) in [5.41, 5.74) is 4.41. The van der Waals surface area contributed by atoms with E-state index < -0.39 is 17.6 Å². The Balaban J connectivity index is 1.11. The van der Waals surface area contributed by atoms with Crippen LogP contribution < -0.4 is 10.6 Å². The number of carboxylic acids is 1. The fourth-order valence-electron chi connectivity index (χ4n) is 6.02. The lowest BCUT2D eigenvalue weighted by Gasteiger charge is -2.27. The molecule has 1 heterocycles. The molecule has 3 aromatic rings. The second kappa shape index (κ2) is 12.6. The lowest BCUT2D eigenvalue weighted by molar-refractivity contribution is -0.147. The molecule has 0 aromatic heterocycles. The van der Waals surface area contributed by atoms with Crippen molar-refractivity contribution < 1.29 is 24.2 Å². The first kappa shape index (κ1) is 28.4. The molecule has 2 amide bonds. The highest BCUT2D eigenvalue weighted by atomic mass is 16.5. The van der Waals surface area contributed by atoms with Crippen molar-refractivity contribution in [2.75, 3.05) is 19.7 Å². The molecule has 2 atom stereocenters. The Morgan fingerprint density at radius 3 is 2.24 bits per heavy atom. The van der Waals surface area contributed by atoms with E-state index in [0.717, 1.165) is 16.7 Å². The van der Waals surface area contributed by atoms with E-state index in [1.165, 1.54) is 11.1 Å². The maximum atomic E-state index is 12.9. The summed E-state index contributed by atoms with van der Waals surface area (Å²) >= 11 is 0. The van der Waals surface area contributed by atoms with Gasteiger partial charge >= 0.3 is 12.1 Å². The minimum atomic E-state index is -1.31. The van der Waals surface area contributed by atoms with E-state index in [4.69, 9.17) is 4.74 Å². The number of hydrogen-bond acceptors (Lipinski definition) is 5. The van der Waals surface area contributed by atoms with Crippen LogP contribution in [0.2, 0.25) is 0 Å². The van der Waals surface area contributed by atoms with Gasteiger partial charge in [0.25, 0.3) is 0 Å². The van der Waals surface area contributed by atoms with Crippen molar-refractivity contribution in [1.29, 1.82) is 0 Å². The number of nitrogens with one attached hydrogen (secondary N) is 2. The molecular weight excluding hydrogens is 518 g/mol. The Kier molecular flexibility index (Phi) is 8.69. The lowest BCUT2D eigenvalue weighted by Crippen LogP contribution is -2.56. The van der Waals surface area contributed by atoms with Gasteiger partial charge in [0.1, 0.15) is 6.61 Å². The van der Waals surface area contributed by atoms with Crippen LogP contribution in [0.5, 0.6) is 0 Å². The quantitative estimate of drug-likeness (QED) is 0.310. The standard InChI is InChI=1S/C33H37N3O5/c1-2-24(34-32(40)41-21-29-27-14-8-6-12-25(27)26-13-7-9-15-28(26)29)16-17-30(37)35-33(31(38)39)18-19-36(22-33)20-23-10-4-3-5-11-23/h3-15,24,29H,2,16-22H2,1H3,(H,34,40)(H,35,37)(H,38,39). The number of benzene rings is 3. The Bertz CT molecular complexity index is 1350. The molecule has 0 spiro atoms. The van der Waals surface area contributed by atoms with E-state index in [1.807, 2.05) is 61.5 Å². The van der Waals surface area contributed by atoms with Crippen LogP contribution in [0.15, 0.2) is 78.9 Å². The van der Waals surface area contributed by atoms with E-state index in [0.29, 0.717) is 32.4 Å². The normalized spacial score (nSPS) is 18.8. The number of hydrogen-bond donors (Lipinski definition) is 3. The van der Waals surface area contributed by atoms with Crippen molar-refractivity contribution in [3.63, 3.8) is 0 Å². The highest BCUT2D eigenvalue weighted by Gasteiger charge is 2.46. The first-order valence-electron chi connectivity index (χ1n) is 14.3. The number of carbonyl (C=O) groups excluding carboxylic acids is 2. The van der Waals surface area contributed by atoms with Gasteiger partial charge in [0.2, 0.25) is 5.91 Å². The van der Waals surface area contributed by atoms with E-state index in [1.54, 1.807) is 0 Å². The predicted octanol–water partition coefficient (Wildman–Crippen LogP) is 4.93. The first-order valence-corrected chi connectivity index (χ1v) is 14.3. The summed E-state index contributed by atoms with van der Waals surface area (Å²) in [6.07, 6.45) is 0.933. The Morgan fingerprint density at radius 1 is 0.976 bits per heavy atom. The summed E-state index contributed by atoms with van der Waals surface area (Å²) in [5.74, 6) is -1.38. The molecule has 2 aliphatic rings. The van der Waals surface area contributed by atoms with Gasteiger partial charge in [-0.05, 0) is 47.1 Å². The summed E-state index contributed by atoms with van der Waals surface area (Å²) < 4.78 is 5.66. The molecule has 0 bridgehead atoms. The fourth-order valence-corrected chi connectivity index (χ4v) is 6.02. The lowest BCUT2D eigenvalue weighted by atomic mass is 9.98. The number of rotatable bonds is 11. The molecule has 2 unspecified atom stereocenters. The predicted molar refractivity (Wildman–Crippen MR) is 156 cm³/mol. The van der Waals surface area contributed by atoms with Crippen molar-refractivity contribution in [3.8, 4) is 11.1 Å². The van der Waals surface area contributed by atoms with Crippen LogP contribution in [0.25, 0.3) is 11.1 Å². The maximum absolute atomic E-state index is 12.9. The average molecular weight is 556 g/mol. The van der Waals surface area contributed by atoms with Gasteiger partial charge in [0.05, 0.1) is 0 Å². The number of aliphatic carboxylic acids is 1. The molecule has 8 heteroatoms. The number of nitrogens with zero attached hydrogens (tertiary/aromatic N) is 1. The smallest absolute Gasteiger partial charge is 0.407 e. The molecule has 5 rings (SSSR count). The second-order valence-electron chi connectivity index (χ2n) is 11.0. The number of fused-ring (bicyclic) bond motifs is 3. The van der Waals surface area contributed by atoms with Gasteiger partial charge < -0.3 is 20.5 Å². The molecule has 0 saturated carbocycles. The molecule has 3 N–H and O–H groups in total. The summed E-state index contributed by atoms with van der Waals surface area (Å²) in [5, 5.41) is 15.7. The van der Waals surface area contributed by atoms with Crippen LogP contribution in [-0.4, -0.2) is 59.3 Å². The molecule has 8 nitrogen and oxygen atoms in total. The van der Waals surface area contributed by atoms with Gasteiger partial charge in [-0.1, -0.05) is 85.8 Å². The van der Waals surface area contributed by atoms with Crippen LogP contribution >= 0.6 is 0 Å². The van der Waals surface area contributed by atoms with Crippen molar-refractivity contribution in [2.24, 2.45) is 0 Å². The van der Waals surface area contributed by atoms with E-state index in [9.17, 15) is 19.5 Å². The van der Waals surface area contributed by atoms with E-state index >= 15 is 0 Å². The topological polar surface area (TPSA) is 108 Å². The molecule has 3 aromatic carbocycles. The summed E-state index contributed by atoms with van der Waals surface area (Å²) in [4.78, 5) is 39.9. The largest absolute Gasteiger partial charge is 0.479 e. The third kappa shape index (κ3) is 6.43. The summed E-state index contributed by atoms with van der Waals surface area (Å²) in [6, 6.07) is 26.0. The molecule has 1 aliphatic heterocycles. The van der Waals surface area contributed by atoms with E-state index in [-0.39, 0.29) is 37.4 Å². The summed E-state index contributed by atoms with van der Waals surface area (Å²) in [7, 11) is 0. The van der Waals surface area contributed by atoms with Crippen molar-refractivity contribution in [3.05, 3.63) is 95.6 Å². The number of likely N-dealkylation sites (tertiary alicyclic amines) is 1. The van der Waals surface area contributed by atoms with Crippen molar-refractivity contribution in [2.45, 2.75) is 56.7 Å². The Morgan fingerprint density at radius 2 is 1.61 bits per heavy atom. The molecule has 1 saturated heterocycles. The van der Waals surface area contributed by atoms with Gasteiger partial charge in [-0.25, -0.2) is 9.59 Å². The molecular formula is C33H37N3O5. The number of carbonyl (C=O) groups is 3. The zero-order valence-electron chi connectivity index (χ0n) is 23.3. The Labute approximate surface area is 240 Å².